The van der Waals surface area contributed by atoms with Gasteiger partial charge in [0.1, 0.15) is 6.29 Å². The molecular weight excluding hydrogens is 184 g/mol. The van der Waals surface area contributed by atoms with Crippen molar-refractivity contribution in [1.82, 2.24) is 0 Å². The topological polar surface area (TPSA) is 17.1 Å². The van der Waals surface area contributed by atoms with Gasteiger partial charge in [0.05, 0.1) is 0 Å². The zero-order valence-corrected chi connectivity index (χ0v) is 9.02. The van der Waals surface area contributed by atoms with Crippen LogP contribution >= 0.6 is 0 Å². The molecule has 0 saturated heterocycles. The Labute approximate surface area is 90.8 Å². The highest BCUT2D eigenvalue weighted by Crippen LogP contribution is 2.35. The molecule has 2 atom stereocenters. The number of carbonyl (C=O) groups is 1. The van der Waals surface area contributed by atoms with E-state index in [4.69, 9.17) is 0 Å². The first kappa shape index (κ1) is 10.2. The van der Waals surface area contributed by atoms with E-state index in [0.29, 0.717) is 5.92 Å². The Balaban J connectivity index is 2.25. The predicted octanol–water partition coefficient (Wildman–Crippen LogP) is 3.33. The van der Waals surface area contributed by atoms with E-state index in [-0.39, 0.29) is 5.92 Å². The average Bonchev–Trinajstić information content (AvgIpc) is 2.30. The van der Waals surface area contributed by atoms with Gasteiger partial charge in [-0.3, -0.25) is 0 Å². The molecule has 0 saturated carbocycles. The van der Waals surface area contributed by atoms with Crippen molar-refractivity contribution in [2.45, 2.75) is 25.7 Å². The van der Waals surface area contributed by atoms with Crippen LogP contribution in [0.4, 0.5) is 0 Å². The van der Waals surface area contributed by atoms with E-state index in [9.17, 15) is 4.79 Å². The zero-order valence-electron chi connectivity index (χ0n) is 9.02. The fraction of sp³-hybridized carbons (Fsp3) is 0.357. The van der Waals surface area contributed by atoms with Crippen LogP contribution < -0.4 is 0 Å². The first-order chi connectivity index (χ1) is 7.31. The molecule has 0 bridgehead atoms. The van der Waals surface area contributed by atoms with E-state index in [2.05, 4.69) is 25.1 Å². The van der Waals surface area contributed by atoms with Crippen LogP contribution in [0.15, 0.2) is 42.0 Å². The summed E-state index contributed by atoms with van der Waals surface area (Å²) in [4.78, 5) is 11.1. The highest BCUT2D eigenvalue weighted by atomic mass is 16.1. The maximum absolute atomic E-state index is 11.1. The lowest BCUT2D eigenvalue weighted by Gasteiger charge is -2.26. The Morgan fingerprint density at radius 3 is 2.67 bits per heavy atom. The van der Waals surface area contributed by atoms with E-state index in [1.807, 2.05) is 18.2 Å². The van der Waals surface area contributed by atoms with Gasteiger partial charge >= 0.3 is 0 Å². The summed E-state index contributed by atoms with van der Waals surface area (Å²) in [7, 11) is 0. The van der Waals surface area contributed by atoms with Gasteiger partial charge in [-0.1, -0.05) is 42.0 Å². The van der Waals surface area contributed by atoms with Crippen LogP contribution in [0.2, 0.25) is 0 Å². The van der Waals surface area contributed by atoms with Gasteiger partial charge in [0.2, 0.25) is 0 Å². The average molecular weight is 200 g/mol. The highest BCUT2D eigenvalue weighted by Gasteiger charge is 2.25. The van der Waals surface area contributed by atoms with Crippen molar-refractivity contribution in [2.75, 3.05) is 0 Å². The molecule has 2 rings (SSSR count). The third-order valence-corrected chi connectivity index (χ3v) is 3.20. The molecule has 0 heterocycles. The molecule has 0 N–H and O–H groups in total. The molecule has 1 aromatic rings. The molecule has 2 unspecified atom stereocenters. The molecule has 15 heavy (non-hydrogen) atoms. The monoisotopic (exact) mass is 200 g/mol. The zero-order chi connectivity index (χ0) is 10.7. The second kappa shape index (κ2) is 4.43. The molecule has 0 radical (unpaired) electrons. The summed E-state index contributed by atoms with van der Waals surface area (Å²) in [6.45, 7) is 2.11. The molecule has 1 aromatic carbocycles. The van der Waals surface area contributed by atoms with Crippen molar-refractivity contribution in [1.29, 1.82) is 0 Å². The highest BCUT2D eigenvalue weighted by molar-refractivity contribution is 5.57. The van der Waals surface area contributed by atoms with E-state index in [1.165, 1.54) is 11.1 Å². The molecule has 0 spiro atoms. The van der Waals surface area contributed by atoms with E-state index >= 15 is 0 Å². The minimum absolute atomic E-state index is 0.164. The van der Waals surface area contributed by atoms with Gasteiger partial charge in [0, 0.05) is 5.92 Å². The van der Waals surface area contributed by atoms with Crippen LogP contribution in [-0.4, -0.2) is 6.29 Å². The van der Waals surface area contributed by atoms with Crippen LogP contribution in [0.25, 0.3) is 0 Å². The number of allylic oxidation sites excluding steroid dienone is 2. The third kappa shape index (κ3) is 2.17. The quantitative estimate of drug-likeness (QED) is 0.528. The standard InChI is InChI=1S/C14H16O/c1-11-7-8-14(13(9-11)10-15)12-5-3-2-4-6-12/h2-7,10,13-14H,8-9H2,1H3. The van der Waals surface area contributed by atoms with Crippen molar-refractivity contribution in [3.63, 3.8) is 0 Å². The number of rotatable bonds is 2. The van der Waals surface area contributed by atoms with Gasteiger partial charge in [0.25, 0.3) is 0 Å². The third-order valence-electron chi connectivity index (χ3n) is 3.20. The molecule has 1 nitrogen and oxygen atoms in total. The molecule has 0 amide bonds. The number of benzene rings is 1. The van der Waals surface area contributed by atoms with Crippen LogP contribution in [0, 0.1) is 5.92 Å². The van der Waals surface area contributed by atoms with Gasteiger partial charge in [-0.05, 0) is 31.2 Å². The molecule has 1 aliphatic rings. The Morgan fingerprint density at radius 2 is 2.00 bits per heavy atom. The van der Waals surface area contributed by atoms with E-state index in [1.54, 1.807) is 0 Å². The second-order valence-electron chi connectivity index (χ2n) is 4.31. The molecule has 0 aromatic heterocycles. The Bertz CT molecular complexity index is 364. The van der Waals surface area contributed by atoms with Crippen molar-refractivity contribution in [3.05, 3.63) is 47.5 Å². The number of hydrogen-bond donors (Lipinski definition) is 0. The summed E-state index contributed by atoms with van der Waals surface area (Å²) in [6.07, 6.45) is 5.30. The minimum Gasteiger partial charge on any atom is -0.303 e. The molecule has 78 valence electrons. The van der Waals surface area contributed by atoms with Gasteiger partial charge < -0.3 is 4.79 Å². The minimum atomic E-state index is 0.164. The number of carbonyl (C=O) groups excluding carboxylic acids is 1. The molecule has 0 aliphatic heterocycles. The second-order valence-corrected chi connectivity index (χ2v) is 4.31. The SMILES string of the molecule is CC1=CCC(c2ccccc2)C(C=O)C1. The van der Waals surface area contributed by atoms with Crippen molar-refractivity contribution in [2.24, 2.45) is 5.92 Å². The molecule has 1 aliphatic carbocycles. The lowest BCUT2D eigenvalue weighted by atomic mass is 9.77. The molecular formula is C14H16O. The summed E-state index contributed by atoms with van der Waals surface area (Å²) in [6, 6.07) is 10.3. The van der Waals surface area contributed by atoms with Crippen LogP contribution in [0.5, 0.6) is 0 Å². The first-order valence-corrected chi connectivity index (χ1v) is 5.47. The lowest BCUT2D eigenvalue weighted by Crippen LogP contribution is -2.18. The van der Waals surface area contributed by atoms with E-state index in [0.717, 1.165) is 19.1 Å². The van der Waals surface area contributed by atoms with Gasteiger partial charge in [-0.2, -0.15) is 0 Å². The summed E-state index contributed by atoms with van der Waals surface area (Å²) in [5.74, 6) is 0.546. The fourth-order valence-corrected chi connectivity index (χ4v) is 2.33. The maximum atomic E-state index is 11.1. The summed E-state index contributed by atoms with van der Waals surface area (Å²) in [5.41, 5.74) is 2.64. The Hall–Kier alpha value is -1.37. The summed E-state index contributed by atoms with van der Waals surface area (Å²) in [5, 5.41) is 0. The van der Waals surface area contributed by atoms with Crippen molar-refractivity contribution in [3.8, 4) is 0 Å². The van der Waals surface area contributed by atoms with Crippen molar-refractivity contribution < 1.29 is 4.79 Å². The molecule has 0 fully saturated rings. The molecule has 1 heteroatoms. The number of hydrogen-bond acceptors (Lipinski definition) is 1. The van der Waals surface area contributed by atoms with Crippen LogP contribution in [0.1, 0.15) is 31.2 Å². The fourth-order valence-electron chi connectivity index (χ4n) is 2.33. The van der Waals surface area contributed by atoms with Crippen LogP contribution in [0.3, 0.4) is 0 Å². The smallest absolute Gasteiger partial charge is 0.124 e. The van der Waals surface area contributed by atoms with Crippen LogP contribution in [-0.2, 0) is 4.79 Å². The van der Waals surface area contributed by atoms with Gasteiger partial charge in [-0.25, -0.2) is 0 Å². The normalized spacial score (nSPS) is 25.8. The Kier molecular flexibility index (Phi) is 3.00. The Morgan fingerprint density at radius 1 is 1.27 bits per heavy atom. The number of aldehydes is 1. The summed E-state index contributed by atoms with van der Waals surface area (Å²) >= 11 is 0. The van der Waals surface area contributed by atoms with Gasteiger partial charge in [-0.15, -0.1) is 0 Å². The maximum Gasteiger partial charge on any atom is 0.124 e. The van der Waals surface area contributed by atoms with E-state index < -0.39 is 0 Å². The predicted molar refractivity (Wildman–Crippen MR) is 61.7 cm³/mol. The van der Waals surface area contributed by atoms with Gasteiger partial charge in [0.15, 0.2) is 0 Å². The van der Waals surface area contributed by atoms with Crippen molar-refractivity contribution >= 4 is 6.29 Å². The first-order valence-electron chi connectivity index (χ1n) is 5.47. The largest absolute Gasteiger partial charge is 0.303 e. The summed E-state index contributed by atoms with van der Waals surface area (Å²) < 4.78 is 0. The lowest BCUT2D eigenvalue weighted by molar-refractivity contribution is -0.111.